The Morgan fingerprint density at radius 1 is 1.29 bits per heavy atom. The Balaban J connectivity index is 1.90. The third kappa shape index (κ3) is 2.81. The first-order chi connectivity index (χ1) is 6.95. The molecule has 2 heteroatoms. The topological polar surface area (TPSA) is 24.9 Å². The quantitative estimate of drug-likeness (QED) is 0.771. The Hall–Kier alpha value is -0.890. The molecule has 1 saturated heterocycles. The molecule has 14 heavy (non-hydrogen) atoms. The van der Waals surface area contributed by atoms with Crippen molar-refractivity contribution < 1.29 is 0 Å². The van der Waals surface area contributed by atoms with Gasteiger partial charge >= 0.3 is 0 Å². The van der Waals surface area contributed by atoms with Crippen LogP contribution in [0.4, 0.5) is 0 Å². The predicted molar refractivity (Wildman–Crippen MR) is 58.2 cm³/mol. The lowest BCUT2D eigenvalue weighted by molar-refractivity contribution is 0.465. The number of hydrogen-bond donors (Lipinski definition) is 1. The number of pyridine rings is 1. The van der Waals surface area contributed by atoms with Crippen LogP contribution in [0.15, 0.2) is 24.4 Å². The van der Waals surface area contributed by atoms with Gasteiger partial charge in [0, 0.05) is 11.9 Å². The molecule has 2 heterocycles. The average molecular weight is 190 g/mol. The second-order valence-corrected chi connectivity index (χ2v) is 4.07. The van der Waals surface area contributed by atoms with E-state index < -0.39 is 0 Å². The third-order valence-electron chi connectivity index (χ3n) is 2.92. The SMILES string of the molecule is c1ccc(CC2CCCNCC2)nc1. The Labute approximate surface area is 85.7 Å². The van der Waals surface area contributed by atoms with Gasteiger partial charge in [0.2, 0.25) is 0 Å². The van der Waals surface area contributed by atoms with Crippen LogP contribution in [-0.2, 0) is 6.42 Å². The van der Waals surface area contributed by atoms with Crippen LogP contribution in [-0.4, -0.2) is 18.1 Å². The van der Waals surface area contributed by atoms with Crippen LogP contribution in [0, 0.1) is 5.92 Å². The highest BCUT2D eigenvalue weighted by atomic mass is 14.8. The first-order valence-corrected chi connectivity index (χ1v) is 5.56. The van der Waals surface area contributed by atoms with E-state index in [1.165, 1.54) is 38.0 Å². The zero-order valence-electron chi connectivity index (χ0n) is 8.58. The first-order valence-electron chi connectivity index (χ1n) is 5.56. The van der Waals surface area contributed by atoms with Gasteiger partial charge in [-0.05, 0) is 56.8 Å². The summed E-state index contributed by atoms with van der Waals surface area (Å²) in [6.07, 6.45) is 7.02. The highest BCUT2D eigenvalue weighted by molar-refractivity contribution is 5.04. The van der Waals surface area contributed by atoms with Crippen molar-refractivity contribution >= 4 is 0 Å². The monoisotopic (exact) mass is 190 g/mol. The molecule has 0 radical (unpaired) electrons. The van der Waals surface area contributed by atoms with Crippen LogP contribution < -0.4 is 5.32 Å². The van der Waals surface area contributed by atoms with Gasteiger partial charge in [-0.3, -0.25) is 4.98 Å². The third-order valence-corrected chi connectivity index (χ3v) is 2.92. The van der Waals surface area contributed by atoms with E-state index in [1.807, 2.05) is 12.3 Å². The van der Waals surface area contributed by atoms with E-state index in [1.54, 1.807) is 0 Å². The molecule has 0 aliphatic carbocycles. The summed E-state index contributed by atoms with van der Waals surface area (Å²) >= 11 is 0. The van der Waals surface area contributed by atoms with Gasteiger partial charge in [0.05, 0.1) is 0 Å². The van der Waals surface area contributed by atoms with Crippen LogP contribution in [0.5, 0.6) is 0 Å². The molecule has 2 nitrogen and oxygen atoms in total. The zero-order valence-corrected chi connectivity index (χ0v) is 8.58. The first kappa shape index (κ1) is 9.66. The molecule has 0 bridgehead atoms. The van der Waals surface area contributed by atoms with Crippen molar-refractivity contribution in [3.8, 4) is 0 Å². The van der Waals surface area contributed by atoms with Crippen LogP contribution >= 0.6 is 0 Å². The number of rotatable bonds is 2. The maximum Gasteiger partial charge on any atom is 0.0406 e. The predicted octanol–water partition coefficient (Wildman–Crippen LogP) is 2.01. The van der Waals surface area contributed by atoms with Crippen LogP contribution in [0.3, 0.4) is 0 Å². The fourth-order valence-corrected chi connectivity index (χ4v) is 2.11. The molecular weight excluding hydrogens is 172 g/mol. The van der Waals surface area contributed by atoms with Crippen LogP contribution in [0.2, 0.25) is 0 Å². The molecule has 0 amide bonds. The molecule has 0 spiro atoms. The van der Waals surface area contributed by atoms with Crippen molar-refractivity contribution in [2.75, 3.05) is 13.1 Å². The van der Waals surface area contributed by atoms with Gasteiger partial charge in [-0.25, -0.2) is 0 Å². The van der Waals surface area contributed by atoms with E-state index in [-0.39, 0.29) is 0 Å². The summed E-state index contributed by atoms with van der Waals surface area (Å²) in [5.74, 6) is 0.833. The molecule has 1 N–H and O–H groups in total. The van der Waals surface area contributed by atoms with Gasteiger partial charge in [-0.15, -0.1) is 0 Å². The smallest absolute Gasteiger partial charge is 0.0406 e. The largest absolute Gasteiger partial charge is 0.317 e. The van der Waals surface area contributed by atoms with Gasteiger partial charge in [0.1, 0.15) is 0 Å². The molecule has 1 aromatic rings. The lowest BCUT2D eigenvalue weighted by Crippen LogP contribution is -2.14. The summed E-state index contributed by atoms with van der Waals surface area (Å²) in [7, 11) is 0. The second-order valence-electron chi connectivity index (χ2n) is 4.07. The van der Waals surface area contributed by atoms with E-state index in [9.17, 15) is 0 Å². The summed E-state index contributed by atoms with van der Waals surface area (Å²) in [5, 5.41) is 3.44. The van der Waals surface area contributed by atoms with Gasteiger partial charge < -0.3 is 5.32 Å². The molecule has 0 saturated carbocycles. The van der Waals surface area contributed by atoms with E-state index in [4.69, 9.17) is 0 Å². The van der Waals surface area contributed by atoms with Crippen molar-refractivity contribution in [1.29, 1.82) is 0 Å². The van der Waals surface area contributed by atoms with E-state index >= 15 is 0 Å². The number of hydrogen-bond acceptors (Lipinski definition) is 2. The highest BCUT2D eigenvalue weighted by Crippen LogP contribution is 2.17. The molecule has 1 aromatic heterocycles. The Morgan fingerprint density at radius 3 is 3.14 bits per heavy atom. The lowest BCUT2D eigenvalue weighted by Gasteiger charge is -2.12. The molecule has 1 atom stereocenters. The van der Waals surface area contributed by atoms with E-state index in [0.29, 0.717) is 0 Å². The molecule has 1 unspecified atom stereocenters. The average Bonchev–Trinajstić information content (AvgIpc) is 2.48. The molecule has 1 aliphatic rings. The van der Waals surface area contributed by atoms with E-state index in [0.717, 1.165) is 12.3 Å². The number of nitrogens with zero attached hydrogens (tertiary/aromatic N) is 1. The fourth-order valence-electron chi connectivity index (χ4n) is 2.11. The maximum absolute atomic E-state index is 4.38. The molecule has 76 valence electrons. The van der Waals surface area contributed by atoms with Crippen molar-refractivity contribution in [2.45, 2.75) is 25.7 Å². The van der Waals surface area contributed by atoms with Crippen molar-refractivity contribution in [2.24, 2.45) is 5.92 Å². The maximum atomic E-state index is 4.38. The minimum atomic E-state index is 0.833. The molecule has 1 aliphatic heterocycles. The minimum Gasteiger partial charge on any atom is -0.317 e. The van der Waals surface area contributed by atoms with E-state index in [2.05, 4.69) is 22.4 Å². The number of nitrogens with one attached hydrogen (secondary N) is 1. The van der Waals surface area contributed by atoms with Gasteiger partial charge in [0.15, 0.2) is 0 Å². The molecular formula is C12H18N2. The lowest BCUT2D eigenvalue weighted by atomic mass is 9.95. The molecule has 0 aromatic carbocycles. The Bertz CT molecular complexity index is 250. The van der Waals surface area contributed by atoms with Gasteiger partial charge in [-0.2, -0.15) is 0 Å². The summed E-state index contributed by atoms with van der Waals surface area (Å²) in [4.78, 5) is 4.38. The van der Waals surface area contributed by atoms with Crippen molar-refractivity contribution in [3.63, 3.8) is 0 Å². The minimum absolute atomic E-state index is 0.833. The van der Waals surface area contributed by atoms with Crippen LogP contribution in [0.25, 0.3) is 0 Å². The Morgan fingerprint density at radius 2 is 2.29 bits per heavy atom. The van der Waals surface area contributed by atoms with Crippen molar-refractivity contribution in [1.82, 2.24) is 10.3 Å². The van der Waals surface area contributed by atoms with Crippen LogP contribution in [0.1, 0.15) is 25.0 Å². The molecule has 1 fully saturated rings. The summed E-state index contributed by atoms with van der Waals surface area (Å²) in [5.41, 5.74) is 1.25. The Kier molecular flexibility index (Phi) is 3.52. The fraction of sp³-hybridized carbons (Fsp3) is 0.583. The number of aromatic nitrogens is 1. The van der Waals surface area contributed by atoms with Gasteiger partial charge in [0.25, 0.3) is 0 Å². The summed E-state index contributed by atoms with van der Waals surface area (Å²) in [6.45, 7) is 2.37. The second kappa shape index (κ2) is 5.11. The zero-order chi connectivity index (χ0) is 9.64. The summed E-state index contributed by atoms with van der Waals surface area (Å²) < 4.78 is 0. The normalized spacial score (nSPS) is 23.0. The summed E-state index contributed by atoms with van der Waals surface area (Å²) in [6, 6.07) is 6.20. The van der Waals surface area contributed by atoms with Gasteiger partial charge in [-0.1, -0.05) is 6.07 Å². The van der Waals surface area contributed by atoms with Crippen molar-refractivity contribution in [3.05, 3.63) is 30.1 Å². The standard InChI is InChI=1S/C12H18N2/c1-2-8-14-12(5-1)10-11-4-3-7-13-9-6-11/h1-2,5,8,11,13H,3-4,6-7,9-10H2. The molecule has 2 rings (SSSR count). The highest BCUT2D eigenvalue weighted by Gasteiger charge is 2.12.